The first-order valence-corrected chi connectivity index (χ1v) is 11.7. The second-order valence-electron chi connectivity index (χ2n) is 7.18. The number of thiocarbonyl (C=S) groups is 1. The molecule has 0 saturated carbocycles. The molecule has 0 aliphatic carbocycles. The number of pyridine rings is 1. The minimum atomic E-state index is -0.173. The molecule has 2 atom stereocenters. The van der Waals surface area contributed by atoms with Gasteiger partial charge in [0.15, 0.2) is 5.11 Å². The minimum Gasteiger partial charge on any atom is -0.459 e. The Hall–Kier alpha value is -2.48. The van der Waals surface area contributed by atoms with Crippen molar-refractivity contribution in [1.29, 1.82) is 0 Å². The lowest BCUT2D eigenvalue weighted by molar-refractivity contribution is 0.439. The quantitative estimate of drug-likeness (QED) is 0.274. The molecule has 0 bridgehead atoms. The highest BCUT2D eigenvalue weighted by Crippen LogP contribution is 2.43. The Morgan fingerprint density at radius 2 is 1.58 bits per heavy atom. The van der Waals surface area contributed by atoms with Gasteiger partial charge in [-0.2, -0.15) is 0 Å². The highest BCUT2D eigenvalue weighted by atomic mass is 79.9. The van der Waals surface area contributed by atoms with Crippen LogP contribution in [0.4, 0.5) is 5.69 Å². The molecule has 2 aromatic heterocycles. The average molecular weight is 555 g/mol. The van der Waals surface area contributed by atoms with Crippen molar-refractivity contribution in [2.75, 3.05) is 4.90 Å². The van der Waals surface area contributed by atoms with E-state index in [0.29, 0.717) is 5.11 Å². The number of furan rings is 1. The number of halogens is 2. The first-order chi connectivity index (χ1) is 15.1. The van der Waals surface area contributed by atoms with Gasteiger partial charge in [-0.1, -0.05) is 50.1 Å². The number of aromatic nitrogens is 1. The van der Waals surface area contributed by atoms with Crippen molar-refractivity contribution in [2.45, 2.75) is 12.1 Å². The number of rotatable bonds is 4. The van der Waals surface area contributed by atoms with Crippen molar-refractivity contribution in [3.8, 4) is 11.3 Å². The summed E-state index contributed by atoms with van der Waals surface area (Å²) in [4.78, 5) is 6.69. The molecular weight excluding hydrogens is 538 g/mol. The third-order valence-corrected chi connectivity index (χ3v) is 6.62. The first-order valence-electron chi connectivity index (χ1n) is 9.72. The smallest absolute Gasteiger partial charge is 0.174 e. The van der Waals surface area contributed by atoms with Gasteiger partial charge in [0, 0.05) is 26.4 Å². The fourth-order valence-corrected chi connectivity index (χ4v) is 4.68. The van der Waals surface area contributed by atoms with Gasteiger partial charge in [0.25, 0.3) is 0 Å². The molecule has 31 heavy (non-hydrogen) atoms. The fraction of sp³-hybridized carbons (Fsp3) is 0.0833. The van der Waals surface area contributed by atoms with E-state index < -0.39 is 0 Å². The summed E-state index contributed by atoms with van der Waals surface area (Å²) >= 11 is 12.8. The zero-order valence-electron chi connectivity index (χ0n) is 16.2. The van der Waals surface area contributed by atoms with Crippen molar-refractivity contribution in [3.63, 3.8) is 0 Å². The number of hydrogen-bond acceptors (Lipinski definition) is 3. The van der Waals surface area contributed by atoms with Crippen molar-refractivity contribution in [3.05, 3.63) is 105 Å². The summed E-state index contributed by atoms with van der Waals surface area (Å²) in [5, 5.41) is 4.10. The first kappa shape index (κ1) is 20.4. The Kier molecular flexibility index (Phi) is 5.65. The highest BCUT2D eigenvalue weighted by molar-refractivity contribution is 9.10. The Labute approximate surface area is 202 Å². The minimum absolute atomic E-state index is 0.138. The molecule has 5 rings (SSSR count). The van der Waals surface area contributed by atoms with Crippen LogP contribution in [0.5, 0.6) is 0 Å². The number of nitrogens with zero attached hydrogens (tertiary/aromatic N) is 2. The maximum Gasteiger partial charge on any atom is 0.174 e. The number of hydrogen-bond donors (Lipinski definition) is 1. The molecule has 3 heterocycles. The van der Waals surface area contributed by atoms with Crippen molar-refractivity contribution in [1.82, 2.24) is 10.3 Å². The molecule has 0 amide bonds. The Morgan fingerprint density at radius 3 is 2.26 bits per heavy atom. The van der Waals surface area contributed by atoms with Crippen LogP contribution < -0.4 is 10.2 Å². The second-order valence-corrected chi connectivity index (χ2v) is 9.40. The fourth-order valence-electron chi connectivity index (χ4n) is 3.80. The van der Waals surface area contributed by atoms with Crippen molar-refractivity contribution in [2.24, 2.45) is 0 Å². The lowest BCUT2D eigenvalue weighted by atomic mass is 10.0. The normalized spacial score (nSPS) is 18.3. The Balaban J connectivity index is 1.59. The third kappa shape index (κ3) is 4.05. The summed E-state index contributed by atoms with van der Waals surface area (Å²) < 4.78 is 8.42. The van der Waals surface area contributed by atoms with Crippen molar-refractivity contribution >= 4 is 54.9 Å². The summed E-state index contributed by atoms with van der Waals surface area (Å²) in [7, 11) is 0. The summed E-state index contributed by atoms with van der Waals surface area (Å²) in [6.45, 7) is 0. The van der Waals surface area contributed by atoms with E-state index in [9.17, 15) is 0 Å². The van der Waals surface area contributed by atoms with Crippen LogP contribution in [-0.4, -0.2) is 10.1 Å². The zero-order valence-corrected chi connectivity index (χ0v) is 20.2. The van der Waals surface area contributed by atoms with Gasteiger partial charge in [0.2, 0.25) is 0 Å². The van der Waals surface area contributed by atoms with E-state index in [1.165, 1.54) is 0 Å². The SMILES string of the molecule is S=C1N[C@@H](c2ccccn2)[C@H](c2ccc(-c3ccc(Br)cc3)o2)N1c1ccc(Br)cc1. The van der Waals surface area contributed by atoms with E-state index >= 15 is 0 Å². The van der Waals surface area contributed by atoms with Crippen LogP contribution in [0, 0.1) is 0 Å². The van der Waals surface area contributed by atoms with Crippen molar-refractivity contribution < 1.29 is 4.42 Å². The molecule has 2 aromatic carbocycles. The second kappa shape index (κ2) is 8.57. The van der Waals surface area contributed by atoms with Crippen LogP contribution in [0.2, 0.25) is 0 Å². The van der Waals surface area contributed by atoms with Gasteiger partial charge in [-0.05, 0) is 72.9 Å². The average Bonchev–Trinajstić information content (AvgIpc) is 3.40. The molecule has 7 heteroatoms. The van der Waals surface area contributed by atoms with Gasteiger partial charge in [-0.15, -0.1) is 0 Å². The van der Waals surface area contributed by atoms with Crippen LogP contribution in [0.3, 0.4) is 0 Å². The molecule has 0 unspecified atom stereocenters. The third-order valence-electron chi connectivity index (χ3n) is 5.25. The van der Waals surface area contributed by atoms with Crippen LogP contribution in [0.1, 0.15) is 23.5 Å². The molecule has 1 saturated heterocycles. The maximum atomic E-state index is 6.38. The molecule has 1 fully saturated rings. The van der Waals surface area contributed by atoms with Gasteiger partial charge < -0.3 is 14.6 Å². The molecule has 1 N–H and O–H groups in total. The molecule has 154 valence electrons. The molecule has 1 aliphatic rings. The van der Waals surface area contributed by atoms with Gasteiger partial charge in [-0.3, -0.25) is 4.98 Å². The summed E-state index contributed by atoms with van der Waals surface area (Å²) in [6, 6.07) is 25.8. The van der Waals surface area contributed by atoms with E-state index in [1.807, 2.05) is 78.9 Å². The number of anilines is 1. The Morgan fingerprint density at radius 1 is 0.871 bits per heavy atom. The van der Waals surface area contributed by atoms with E-state index in [0.717, 1.165) is 37.4 Å². The van der Waals surface area contributed by atoms with Gasteiger partial charge >= 0.3 is 0 Å². The number of nitrogens with one attached hydrogen (secondary N) is 1. The van der Waals surface area contributed by atoms with Crippen LogP contribution in [0.15, 0.2) is 98.4 Å². The van der Waals surface area contributed by atoms with E-state index in [2.05, 4.69) is 47.1 Å². The predicted octanol–water partition coefficient (Wildman–Crippen LogP) is 7.04. The lowest BCUT2D eigenvalue weighted by Crippen LogP contribution is -2.29. The van der Waals surface area contributed by atoms with E-state index in [1.54, 1.807) is 6.20 Å². The molecule has 4 nitrogen and oxygen atoms in total. The summed E-state index contributed by atoms with van der Waals surface area (Å²) in [5.74, 6) is 1.64. The lowest BCUT2D eigenvalue weighted by Gasteiger charge is -2.26. The maximum absolute atomic E-state index is 6.38. The summed E-state index contributed by atoms with van der Waals surface area (Å²) in [5.41, 5.74) is 2.93. The molecule has 0 radical (unpaired) electrons. The largest absolute Gasteiger partial charge is 0.459 e. The standard InChI is InChI=1S/C24H17Br2N3OS/c25-16-6-4-15(5-7-16)20-12-13-21(30-20)23-22(19-3-1-2-14-27-19)28-24(31)29(23)18-10-8-17(26)9-11-18/h1-14,22-23H,(H,28,31)/t22-,23-/m0/s1. The van der Waals surface area contributed by atoms with E-state index in [4.69, 9.17) is 16.6 Å². The topological polar surface area (TPSA) is 41.3 Å². The van der Waals surface area contributed by atoms with Gasteiger partial charge in [0.05, 0.1) is 11.7 Å². The van der Waals surface area contributed by atoms with Gasteiger partial charge in [0.1, 0.15) is 17.6 Å². The molecule has 0 spiro atoms. The molecule has 1 aliphatic heterocycles. The van der Waals surface area contributed by atoms with Crippen LogP contribution in [-0.2, 0) is 0 Å². The van der Waals surface area contributed by atoms with Crippen LogP contribution in [0.25, 0.3) is 11.3 Å². The van der Waals surface area contributed by atoms with Crippen LogP contribution >= 0.6 is 44.1 Å². The number of benzene rings is 2. The molecular formula is C24H17Br2N3OS. The highest BCUT2D eigenvalue weighted by Gasteiger charge is 2.42. The zero-order chi connectivity index (χ0) is 21.4. The van der Waals surface area contributed by atoms with Gasteiger partial charge in [-0.25, -0.2) is 0 Å². The van der Waals surface area contributed by atoms with E-state index in [-0.39, 0.29) is 12.1 Å². The Bertz CT molecular complexity index is 1210. The summed E-state index contributed by atoms with van der Waals surface area (Å²) in [6.07, 6.45) is 1.80. The predicted molar refractivity (Wildman–Crippen MR) is 134 cm³/mol. The monoisotopic (exact) mass is 553 g/mol. The molecule has 4 aromatic rings.